The summed E-state index contributed by atoms with van der Waals surface area (Å²) in [7, 11) is 0. The lowest BCUT2D eigenvalue weighted by molar-refractivity contribution is -0.139. The van der Waals surface area contributed by atoms with E-state index in [2.05, 4.69) is 20.1 Å². The summed E-state index contributed by atoms with van der Waals surface area (Å²) >= 11 is 0. The van der Waals surface area contributed by atoms with Crippen LogP contribution < -0.4 is 0 Å². The van der Waals surface area contributed by atoms with Gasteiger partial charge in [0.2, 0.25) is 0 Å². The van der Waals surface area contributed by atoms with E-state index >= 15 is 0 Å². The average Bonchev–Trinajstić information content (AvgIpc) is 2.24. The maximum absolute atomic E-state index is 11.3. The first-order valence-electron chi connectivity index (χ1n) is 5.68. The van der Waals surface area contributed by atoms with Crippen molar-refractivity contribution in [2.24, 2.45) is 0 Å². The van der Waals surface area contributed by atoms with Crippen molar-refractivity contribution in [2.45, 2.75) is 45.4 Å². The molecule has 0 aromatic heterocycles. The van der Waals surface area contributed by atoms with Crippen LogP contribution in [0, 0.1) is 0 Å². The number of hydrogen-bond acceptors (Lipinski definition) is 2. The molecular formula is C13H22O2. The Bertz CT molecular complexity index is 207. The van der Waals surface area contributed by atoms with Gasteiger partial charge in [0.05, 0.1) is 6.61 Å². The first kappa shape index (κ1) is 13.9. The number of unbranched alkanes of at least 4 members (excludes halogenated alkanes) is 3. The highest BCUT2D eigenvalue weighted by Crippen LogP contribution is 2.09. The summed E-state index contributed by atoms with van der Waals surface area (Å²) in [5, 5.41) is 0. The molecule has 0 N–H and O–H groups in total. The molecule has 0 radical (unpaired) electrons. The van der Waals surface area contributed by atoms with Crippen molar-refractivity contribution < 1.29 is 9.53 Å². The molecule has 0 aliphatic carbocycles. The van der Waals surface area contributed by atoms with Crippen molar-refractivity contribution in [1.29, 1.82) is 0 Å². The fourth-order valence-electron chi connectivity index (χ4n) is 1.20. The van der Waals surface area contributed by atoms with Gasteiger partial charge >= 0.3 is 5.97 Å². The monoisotopic (exact) mass is 210 g/mol. The second-order valence-corrected chi connectivity index (χ2v) is 3.63. The number of ether oxygens (including phenoxy) is 1. The summed E-state index contributed by atoms with van der Waals surface area (Å²) in [5.74, 6) is -0.256. The third-order valence-electron chi connectivity index (χ3n) is 2.18. The van der Waals surface area contributed by atoms with Gasteiger partial charge < -0.3 is 4.74 Å². The molecule has 0 saturated carbocycles. The van der Waals surface area contributed by atoms with Crippen LogP contribution in [0.3, 0.4) is 0 Å². The highest BCUT2D eigenvalue weighted by Gasteiger charge is 2.06. The van der Waals surface area contributed by atoms with E-state index in [1.807, 2.05) is 0 Å². The Hall–Kier alpha value is -1.05. The van der Waals surface area contributed by atoms with Gasteiger partial charge in [0.1, 0.15) is 0 Å². The number of rotatable bonds is 9. The van der Waals surface area contributed by atoms with Gasteiger partial charge in [0.15, 0.2) is 0 Å². The van der Waals surface area contributed by atoms with Crippen molar-refractivity contribution in [3.8, 4) is 0 Å². The zero-order chi connectivity index (χ0) is 11.5. The molecule has 0 spiro atoms. The van der Waals surface area contributed by atoms with E-state index in [0.29, 0.717) is 18.6 Å². The van der Waals surface area contributed by atoms with Crippen molar-refractivity contribution in [3.05, 3.63) is 24.8 Å². The molecule has 0 aliphatic rings. The third-order valence-corrected chi connectivity index (χ3v) is 2.18. The van der Waals surface area contributed by atoms with Gasteiger partial charge in [0, 0.05) is 5.57 Å². The highest BCUT2D eigenvalue weighted by atomic mass is 16.5. The van der Waals surface area contributed by atoms with Crippen molar-refractivity contribution >= 4 is 5.97 Å². The van der Waals surface area contributed by atoms with Crippen LogP contribution in [0.4, 0.5) is 0 Å². The number of carbonyl (C=O) groups excluding carboxylic acids is 1. The highest BCUT2D eigenvalue weighted by molar-refractivity contribution is 5.87. The Labute approximate surface area is 93.0 Å². The molecule has 86 valence electrons. The molecular weight excluding hydrogens is 188 g/mol. The van der Waals surface area contributed by atoms with Crippen molar-refractivity contribution in [2.75, 3.05) is 6.61 Å². The van der Waals surface area contributed by atoms with Gasteiger partial charge in [0.25, 0.3) is 0 Å². The summed E-state index contributed by atoms with van der Waals surface area (Å²) in [6.07, 6.45) is 7.81. The van der Waals surface area contributed by atoms with Crippen LogP contribution in [-0.2, 0) is 9.53 Å². The molecule has 15 heavy (non-hydrogen) atoms. The number of esters is 1. The zero-order valence-corrected chi connectivity index (χ0v) is 9.76. The molecule has 0 aromatic rings. The van der Waals surface area contributed by atoms with E-state index in [0.717, 1.165) is 19.3 Å². The normalized spacial score (nSPS) is 9.67. The molecule has 0 rings (SSSR count). The van der Waals surface area contributed by atoms with Gasteiger partial charge in [-0.2, -0.15) is 0 Å². The second kappa shape index (κ2) is 9.50. The molecule has 0 fully saturated rings. The molecule has 0 unspecified atom stereocenters. The van der Waals surface area contributed by atoms with Crippen LogP contribution in [0.2, 0.25) is 0 Å². The molecule has 0 aliphatic heterocycles. The second-order valence-electron chi connectivity index (χ2n) is 3.63. The van der Waals surface area contributed by atoms with Crippen LogP contribution >= 0.6 is 0 Å². The first-order valence-corrected chi connectivity index (χ1v) is 5.68. The number of hydrogen-bond donors (Lipinski definition) is 0. The minimum absolute atomic E-state index is 0.256. The van der Waals surface area contributed by atoms with Gasteiger partial charge in [-0.25, -0.2) is 4.79 Å². The molecule has 0 saturated heterocycles. The van der Waals surface area contributed by atoms with E-state index in [1.54, 1.807) is 6.08 Å². The fourth-order valence-corrected chi connectivity index (χ4v) is 1.20. The molecule has 0 heterocycles. The zero-order valence-electron chi connectivity index (χ0n) is 9.76. The summed E-state index contributed by atoms with van der Waals surface area (Å²) in [6, 6.07) is 0. The Morgan fingerprint density at radius 3 is 2.67 bits per heavy atom. The quantitative estimate of drug-likeness (QED) is 0.251. The molecule has 0 amide bonds. The maximum atomic E-state index is 11.3. The fraction of sp³-hybridized carbons (Fsp3) is 0.615. The maximum Gasteiger partial charge on any atom is 0.333 e. The first-order chi connectivity index (χ1) is 7.22. The Morgan fingerprint density at radius 1 is 1.33 bits per heavy atom. The van der Waals surface area contributed by atoms with Gasteiger partial charge in [-0.1, -0.05) is 38.8 Å². The van der Waals surface area contributed by atoms with Gasteiger partial charge in [-0.3, -0.25) is 0 Å². The topological polar surface area (TPSA) is 26.3 Å². The summed E-state index contributed by atoms with van der Waals surface area (Å²) in [6.45, 7) is 9.87. The predicted molar refractivity (Wildman–Crippen MR) is 63.7 cm³/mol. The minimum Gasteiger partial charge on any atom is -0.462 e. The predicted octanol–water partition coefficient (Wildman–Crippen LogP) is 3.63. The molecule has 0 bridgehead atoms. The van der Waals surface area contributed by atoms with E-state index in [4.69, 9.17) is 4.74 Å². The van der Waals surface area contributed by atoms with Crippen molar-refractivity contribution in [1.82, 2.24) is 0 Å². The average molecular weight is 210 g/mol. The minimum atomic E-state index is -0.256. The smallest absolute Gasteiger partial charge is 0.333 e. The Balaban J connectivity index is 3.51. The SMILES string of the molecule is C=CCCOC(=O)C(=C)CCCCCC. The van der Waals surface area contributed by atoms with Gasteiger partial charge in [-0.15, -0.1) is 6.58 Å². The van der Waals surface area contributed by atoms with Crippen LogP contribution in [-0.4, -0.2) is 12.6 Å². The Morgan fingerprint density at radius 2 is 2.07 bits per heavy atom. The van der Waals surface area contributed by atoms with E-state index in [9.17, 15) is 4.79 Å². The van der Waals surface area contributed by atoms with Crippen LogP contribution in [0.15, 0.2) is 24.8 Å². The van der Waals surface area contributed by atoms with Crippen LogP contribution in [0.1, 0.15) is 45.4 Å². The molecule has 0 aromatic carbocycles. The summed E-state index contributed by atoms with van der Waals surface area (Å²) in [5.41, 5.74) is 0.593. The van der Waals surface area contributed by atoms with Crippen molar-refractivity contribution in [3.63, 3.8) is 0 Å². The largest absolute Gasteiger partial charge is 0.462 e. The lowest BCUT2D eigenvalue weighted by Gasteiger charge is -2.05. The van der Waals surface area contributed by atoms with E-state index < -0.39 is 0 Å². The standard InChI is InChI=1S/C13H22O2/c1-4-6-8-9-10-12(3)13(14)15-11-7-5-2/h5H,2-4,6-11H2,1H3. The van der Waals surface area contributed by atoms with E-state index in [1.165, 1.54) is 12.8 Å². The molecule has 2 heteroatoms. The van der Waals surface area contributed by atoms with Crippen LogP contribution in [0.25, 0.3) is 0 Å². The summed E-state index contributed by atoms with van der Waals surface area (Å²) in [4.78, 5) is 11.3. The lowest BCUT2D eigenvalue weighted by Crippen LogP contribution is -2.07. The summed E-state index contributed by atoms with van der Waals surface area (Å²) < 4.78 is 4.99. The van der Waals surface area contributed by atoms with Crippen LogP contribution in [0.5, 0.6) is 0 Å². The van der Waals surface area contributed by atoms with E-state index in [-0.39, 0.29) is 5.97 Å². The number of carbonyl (C=O) groups is 1. The molecule has 0 atom stereocenters. The Kier molecular flexibility index (Phi) is 8.84. The third kappa shape index (κ3) is 7.98. The lowest BCUT2D eigenvalue weighted by atomic mass is 10.1. The molecule has 2 nitrogen and oxygen atoms in total. The van der Waals surface area contributed by atoms with Gasteiger partial charge in [-0.05, 0) is 19.3 Å².